The summed E-state index contributed by atoms with van der Waals surface area (Å²) >= 11 is 0.0911. The number of hydrogen-bond donors (Lipinski definition) is 0. The first kappa shape index (κ1) is 8.40. The summed E-state index contributed by atoms with van der Waals surface area (Å²) in [5, 5.41) is 0. The average Bonchev–Trinajstić information content (AvgIpc) is 2.60. The SMILES string of the molecule is C1CC[CH]([Sn+2][CH]2CCCC2)C1. The molecule has 2 saturated carbocycles. The van der Waals surface area contributed by atoms with Gasteiger partial charge in [0.05, 0.1) is 0 Å². The van der Waals surface area contributed by atoms with E-state index in [-0.39, 0.29) is 21.1 Å². The molecule has 0 heterocycles. The van der Waals surface area contributed by atoms with Crippen LogP contribution in [0.5, 0.6) is 0 Å². The molecule has 60 valence electrons. The summed E-state index contributed by atoms with van der Waals surface area (Å²) in [4.78, 5) is 0. The third-order valence-corrected chi connectivity index (χ3v) is 9.17. The Morgan fingerprint density at radius 2 is 1.00 bits per heavy atom. The van der Waals surface area contributed by atoms with E-state index in [1.54, 1.807) is 51.4 Å². The second-order valence-corrected chi connectivity index (χ2v) is 9.74. The Kier molecular flexibility index (Phi) is 3.17. The number of hydrogen-bond acceptors (Lipinski definition) is 0. The molecular formula is C10H18Sn+2. The fourth-order valence-corrected chi connectivity index (χ4v) is 8.65. The van der Waals surface area contributed by atoms with Crippen molar-refractivity contribution in [1.29, 1.82) is 0 Å². The number of rotatable bonds is 2. The van der Waals surface area contributed by atoms with E-state index in [1.807, 2.05) is 0 Å². The summed E-state index contributed by atoms with van der Waals surface area (Å²) in [6.45, 7) is 0. The van der Waals surface area contributed by atoms with Gasteiger partial charge < -0.3 is 0 Å². The first-order valence-corrected chi connectivity index (χ1v) is 8.51. The molecule has 0 bridgehead atoms. The Balaban J connectivity index is 1.71. The van der Waals surface area contributed by atoms with E-state index >= 15 is 0 Å². The Morgan fingerprint density at radius 1 is 0.636 bits per heavy atom. The third kappa shape index (κ3) is 2.37. The summed E-state index contributed by atoms with van der Waals surface area (Å²) in [5.41, 5.74) is 0. The Labute approximate surface area is 80.4 Å². The molecule has 11 heavy (non-hydrogen) atoms. The van der Waals surface area contributed by atoms with Crippen LogP contribution < -0.4 is 0 Å². The fourth-order valence-electron chi connectivity index (χ4n) is 2.52. The van der Waals surface area contributed by atoms with E-state index in [1.165, 1.54) is 7.87 Å². The molecule has 1 heteroatoms. The average molecular weight is 257 g/mol. The summed E-state index contributed by atoms with van der Waals surface area (Å²) in [7, 11) is 0. The van der Waals surface area contributed by atoms with Gasteiger partial charge in [-0.15, -0.1) is 0 Å². The van der Waals surface area contributed by atoms with Crippen LogP contribution in [0.1, 0.15) is 51.4 Å². The Hall–Kier alpha value is 0.799. The van der Waals surface area contributed by atoms with Crippen molar-refractivity contribution in [3.05, 3.63) is 0 Å². The van der Waals surface area contributed by atoms with Crippen molar-refractivity contribution in [3.8, 4) is 0 Å². The van der Waals surface area contributed by atoms with Crippen LogP contribution in [0, 0.1) is 0 Å². The predicted molar refractivity (Wildman–Crippen MR) is 50.2 cm³/mol. The zero-order valence-corrected chi connectivity index (χ0v) is 10.2. The predicted octanol–water partition coefficient (Wildman–Crippen LogP) is 3.42. The van der Waals surface area contributed by atoms with Crippen molar-refractivity contribution in [2.24, 2.45) is 0 Å². The Bertz CT molecular complexity index is 96.0. The van der Waals surface area contributed by atoms with Gasteiger partial charge in [0.25, 0.3) is 0 Å². The first-order valence-electron chi connectivity index (χ1n) is 5.21. The molecule has 2 fully saturated rings. The maximum absolute atomic E-state index is 1.63. The van der Waals surface area contributed by atoms with E-state index in [4.69, 9.17) is 0 Å². The monoisotopic (exact) mass is 258 g/mol. The molecule has 0 aliphatic heterocycles. The molecule has 0 aromatic carbocycles. The molecule has 0 radical (unpaired) electrons. The molecule has 0 saturated heterocycles. The van der Waals surface area contributed by atoms with Gasteiger partial charge in [-0.05, 0) is 0 Å². The van der Waals surface area contributed by atoms with Crippen molar-refractivity contribution in [2.75, 3.05) is 0 Å². The molecular weight excluding hydrogens is 239 g/mol. The van der Waals surface area contributed by atoms with Crippen molar-refractivity contribution < 1.29 is 0 Å². The molecule has 2 aliphatic rings. The van der Waals surface area contributed by atoms with Gasteiger partial charge in [0.15, 0.2) is 0 Å². The minimum atomic E-state index is 0.0911. The molecule has 2 aliphatic carbocycles. The Morgan fingerprint density at radius 3 is 1.36 bits per heavy atom. The second-order valence-electron chi connectivity index (χ2n) is 4.13. The summed E-state index contributed by atoms with van der Waals surface area (Å²) in [6, 6.07) is 0. The molecule has 0 unspecified atom stereocenters. The van der Waals surface area contributed by atoms with Gasteiger partial charge in [-0.25, -0.2) is 0 Å². The van der Waals surface area contributed by atoms with Crippen LogP contribution in [0.2, 0.25) is 7.87 Å². The molecule has 0 aromatic rings. The molecule has 0 N–H and O–H groups in total. The minimum absolute atomic E-state index is 0.0911. The van der Waals surface area contributed by atoms with Gasteiger partial charge in [-0.2, -0.15) is 0 Å². The van der Waals surface area contributed by atoms with Crippen LogP contribution >= 0.6 is 0 Å². The van der Waals surface area contributed by atoms with Crippen molar-refractivity contribution in [1.82, 2.24) is 0 Å². The van der Waals surface area contributed by atoms with Gasteiger partial charge in [0, 0.05) is 0 Å². The molecule has 2 rings (SSSR count). The zero-order valence-electron chi connectivity index (χ0n) is 7.31. The van der Waals surface area contributed by atoms with E-state index in [9.17, 15) is 0 Å². The molecule has 0 aromatic heterocycles. The third-order valence-electron chi connectivity index (χ3n) is 3.18. The zero-order chi connectivity index (χ0) is 7.52. The normalized spacial score (nSPS) is 27.6. The molecule has 0 amide bonds. The standard InChI is InChI=1S/2C5H9.Sn/c2*1-2-4-5-3-1;/h2*1H,2-5H2;/q;;+2. The van der Waals surface area contributed by atoms with Crippen molar-refractivity contribution >= 4 is 21.1 Å². The van der Waals surface area contributed by atoms with Crippen LogP contribution in [-0.4, -0.2) is 21.1 Å². The van der Waals surface area contributed by atoms with Gasteiger partial charge >= 0.3 is 80.4 Å². The van der Waals surface area contributed by atoms with Crippen molar-refractivity contribution in [2.45, 2.75) is 59.2 Å². The molecule has 0 nitrogen and oxygen atoms in total. The topological polar surface area (TPSA) is 0 Å². The maximum atomic E-state index is 1.63. The molecule has 0 spiro atoms. The quantitative estimate of drug-likeness (QED) is 0.665. The fraction of sp³-hybridized carbons (Fsp3) is 1.00. The van der Waals surface area contributed by atoms with E-state index < -0.39 is 0 Å². The van der Waals surface area contributed by atoms with E-state index in [2.05, 4.69) is 0 Å². The van der Waals surface area contributed by atoms with Crippen LogP contribution in [0.15, 0.2) is 0 Å². The first-order chi connectivity index (χ1) is 5.45. The second kappa shape index (κ2) is 4.15. The van der Waals surface area contributed by atoms with Crippen LogP contribution in [0.4, 0.5) is 0 Å². The summed E-state index contributed by atoms with van der Waals surface area (Å²) in [6.07, 6.45) is 12.8. The van der Waals surface area contributed by atoms with Crippen LogP contribution in [0.3, 0.4) is 0 Å². The van der Waals surface area contributed by atoms with Crippen LogP contribution in [0.25, 0.3) is 0 Å². The van der Waals surface area contributed by atoms with E-state index in [0.717, 1.165) is 0 Å². The van der Waals surface area contributed by atoms with Gasteiger partial charge in [0.1, 0.15) is 0 Å². The van der Waals surface area contributed by atoms with E-state index in [0.29, 0.717) is 0 Å². The van der Waals surface area contributed by atoms with Gasteiger partial charge in [0.2, 0.25) is 0 Å². The summed E-state index contributed by atoms with van der Waals surface area (Å²) in [5.74, 6) is 0. The summed E-state index contributed by atoms with van der Waals surface area (Å²) < 4.78 is 2.61. The van der Waals surface area contributed by atoms with Gasteiger partial charge in [-0.3, -0.25) is 0 Å². The van der Waals surface area contributed by atoms with Crippen LogP contribution in [-0.2, 0) is 0 Å². The van der Waals surface area contributed by atoms with Crippen molar-refractivity contribution in [3.63, 3.8) is 0 Å². The van der Waals surface area contributed by atoms with Gasteiger partial charge in [-0.1, -0.05) is 0 Å². The molecule has 0 atom stereocenters.